The van der Waals surface area contributed by atoms with Crippen LogP contribution in [0.1, 0.15) is 24.2 Å². The van der Waals surface area contributed by atoms with Crippen LogP contribution in [0.4, 0.5) is 24.9 Å². The number of rotatable bonds is 6. The van der Waals surface area contributed by atoms with Crippen molar-refractivity contribution >= 4 is 32.4 Å². The average Bonchev–Trinajstić information content (AvgIpc) is 2.92. The second-order valence-electron chi connectivity index (χ2n) is 9.47. The fourth-order valence-corrected chi connectivity index (χ4v) is 5.34. The number of halogens is 3. The van der Waals surface area contributed by atoms with Gasteiger partial charge >= 0.3 is 6.18 Å². The minimum Gasteiger partial charge on any atom is -0.368 e. The molecule has 1 atom stereocenters. The molecule has 0 aliphatic rings. The summed E-state index contributed by atoms with van der Waals surface area (Å²) >= 11 is 0. The fourth-order valence-electron chi connectivity index (χ4n) is 4.67. The van der Waals surface area contributed by atoms with Gasteiger partial charge in [-0.25, -0.2) is 13.4 Å². The average molecular weight is 580 g/mol. The fraction of sp³-hybridized carbons (Fsp3) is 0.138. The minimum absolute atomic E-state index is 0.0588. The van der Waals surface area contributed by atoms with Crippen LogP contribution in [0.2, 0.25) is 0 Å². The molecule has 41 heavy (non-hydrogen) atoms. The Kier molecular flexibility index (Phi) is 7.03. The zero-order valence-electron chi connectivity index (χ0n) is 21.8. The number of anilines is 2. The maximum absolute atomic E-state index is 13.9. The van der Waals surface area contributed by atoms with Gasteiger partial charge in [0.05, 0.1) is 21.9 Å². The van der Waals surface area contributed by atoms with Crippen LogP contribution in [0.25, 0.3) is 27.6 Å². The first-order valence-corrected chi connectivity index (χ1v) is 14.2. The van der Waals surface area contributed by atoms with Crippen molar-refractivity contribution in [1.29, 1.82) is 0 Å². The van der Waals surface area contributed by atoms with Crippen LogP contribution in [-0.2, 0) is 16.0 Å². The number of hydrogen-bond acceptors (Lipinski definition) is 7. The minimum atomic E-state index is -4.73. The van der Waals surface area contributed by atoms with E-state index in [1.807, 2.05) is 0 Å². The number of nitrogens with zero attached hydrogens (tertiary/aromatic N) is 3. The number of nitrogen functional groups attached to an aromatic ring is 1. The largest absolute Gasteiger partial charge is 0.417 e. The lowest BCUT2D eigenvalue weighted by atomic mass is 10.0. The van der Waals surface area contributed by atoms with Gasteiger partial charge in [-0.2, -0.15) is 18.2 Å². The van der Waals surface area contributed by atoms with Gasteiger partial charge in [0.15, 0.2) is 9.84 Å². The van der Waals surface area contributed by atoms with E-state index in [9.17, 15) is 26.4 Å². The molecule has 8 nitrogen and oxygen atoms in total. The normalized spacial score (nSPS) is 12.8. The van der Waals surface area contributed by atoms with Gasteiger partial charge in [0.1, 0.15) is 5.82 Å². The predicted molar refractivity (Wildman–Crippen MR) is 152 cm³/mol. The molecule has 0 amide bonds. The molecular weight excluding hydrogens is 555 g/mol. The standard InChI is InChI=1S/C29H24F3N5O3S/c1-17(35-26-22(16-34-28(33)36-26)18-8-6-12-21(14-18)41(2,39)40)24-15-19-9-7-13-23(29(30,31)32)25(19)27(38)37(24)20-10-4-3-5-11-20/h3-17H,1-2H3,(H3,33,34,35,36)/t17-/m0/s1. The quantitative estimate of drug-likeness (QED) is 0.268. The molecule has 0 aliphatic carbocycles. The highest BCUT2D eigenvalue weighted by Gasteiger charge is 2.34. The highest BCUT2D eigenvalue weighted by Crippen LogP contribution is 2.35. The Balaban J connectivity index is 1.69. The lowest BCUT2D eigenvalue weighted by Gasteiger charge is -2.23. The maximum atomic E-state index is 13.9. The van der Waals surface area contributed by atoms with Crippen LogP contribution in [0, 0.1) is 0 Å². The molecule has 2 aromatic heterocycles. The first-order chi connectivity index (χ1) is 19.3. The highest BCUT2D eigenvalue weighted by molar-refractivity contribution is 7.90. The zero-order valence-corrected chi connectivity index (χ0v) is 22.7. The topological polar surface area (TPSA) is 120 Å². The Bertz CT molecular complexity index is 1940. The number of fused-ring (bicyclic) bond motifs is 1. The number of aromatic nitrogens is 3. The van der Waals surface area contributed by atoms with Crippen molar-refractivity contribution in [3.8, 4) is 16.8 Å². The molecule has 0 unspecified atom stereocenters. The van der Waals surface area contributed by atoms with Crippen LogP contribution in [0.5, 0.6) is 0 Å². The summed E-state index contributed by atoms with van der Waals surface area (Å²) in [7, 11) is -3.50. The SMILES string of the molecule is C[C@H](Nc1nc(N)ncc1-c1cccc(S(C)(=O)=O)c1)c1cc2cccc(C(F)(F)F)c2c(=O)n1-c1ccccc1. The van der Waals surface area contributed by atoms with Crippen LogP contribution in [-0.4, -0.2) is 29.2 Å². The molecule has 5 rings (SSSR count). The summed E-state index contributed by atoms with van der Waals surface area (Å²) < 4.78 is 67.2. The van der Waals surface area contributed by atoms with Gasteiger partial charge in [-0.15, -0.1) is 0 Å². The summed E-state index contributed by atoms with van der Waals surface area (Å²) in [6.45, 7) is 1.72. The molecule has 5 aromatic rings. The third-order valence-electron chi connectivity index (χ3n) is 6.57. The Labute approximate surface area is 233 Å². The van der Waals surface area contributed by atoms with Crippen LogP contribution >= 0.6 is 0 Å². The number of para-hydroxylation sites is 1. The van der Waals surface area contributed by atoms with E-state index in [4.69, 9.17) is 5.73 Å². The molecular formula is C29H24F3N5O3S. The van der Waals surface area contributed by atoms with Crippen molar-refractivity contribution < 1.29 is 21.6 Å². The van der Waals surface area contributed by atoms with Crippen molar-refractivity contribution in [1.82, 2.24) is 14.5 Å². The highest BCUT2D eigenvalue weighted by atomic mass is 32.2. The van der Waals surface area contributed by atoms with Gasteiger partial charge in [0.2, 0.25) is 5.95 Å². The molecule has 0 saturated heterocycles. The number of hydrogen-bond donors (Lipinski definition) is 2. The molecule has 0 aliphatic heterocycles. The molecule has 0 fully saturated rings. The molecule has 0 spiro atoms. The summed E-state index contributed by atoms with van der Waals surface area (Å²) in [5.74, 6) is 0.184. The number of sulfone groups is 1. The van der Waals surface area contributed by atoms with Gasteiger partial charge in [0, 0.05) is 29.4 Å². The van der Waals surface area contributed by atoms with E-state index in [2.05, 4.69) is 15.3 Å². The number of pyridine rings is 1. The zero-order chi connectivity index (χ0) is 29.5. The van der Waals surface area contributed by atoms with Gasteiger partial charge in [-0.1, -0.05) is 42.5 Å². The summed E-state index contributed by atoms with van der Waals surface area (Å²) in [6.07, 6.45) is -2.19. The summed E-state index contributed by atoms with van der Waals surface area (Å²) in [5.41, 5.74) is 5.70. The number of nitrogens with one attached hydrogen (secondary N) is 1. The number of nitrogens with two attached hydrogens (primary N) is 1. The van der Waals surface area contributed by atoms with E-state index in [1.54, 1.807) is 49.4 Å². The third kappa shape index (κ3) is 5.50. The van der Waals surface area contributed by atoms with Crippen molar-refractivity contribution in [2.45, 2.75) is 24.0 Å². The molecule has 0 radical (unpaired) electrons. The molecule has 2 heterocycles. The number of alkyl halides is 3. The summed E-state index contributed by atoms with van der Waals surface area (Å²) in [4.78, 5) is 22.2. The Morgan fingerprint density at radius 2 is 1.68 bits per heavy atom. The van der Waals surface area contributed by atoms with E-state index in [0.29, 0.717) is 22.5 Å². The van der Waals surface area contributed by atoms with Crippen molar-refractivity contribution in [2.75, 3.05) is 17.3 Å². The molecule has 3 N–H and O–H groups in total. The van der Waals surface area contributed by atoms with E-state index in [-0.39, 0.29) is 22.0 Å². The van der Waals surface area contributed by atoms with Gasteiger partial charge in [-0.05, 0) is 54.3 Å². The molecule has 12 heteroatoms. The first-order valence-electron chi connectivity index (χ1n) is 12.4. The van der Waals surface area contributed by atoms with Gasteiger partial charge < -0.3 is 11.1 Å². The van der Waals surface area contributed by atoms with Gasteiger partial charge in [0.25, 0.3) is 5.56 Å². The number of benzene rings is 3. The van der Waals surface area contributed by atoms with Crippen LogP contribution in [0.3, 0.4) is 0 Å². The third-order valence-corrected chi connectivity index (χ3v) is 7.68. The van der Waals surface area contributed by atoms with Crippen LogP contribution in [0.15, 0.2) is 94.7 Å². The lowest BCUT2D eigenvalue weighted by molar-refractivity contribution is -0.136. The van der Waals surface area contributed by atoms with Crippen molar-refractivity contribution in [3.63, 3.8) is 0 Å². The Morgan fingerprint density at radius 1 is 0.976 bits per heavy atom. The summed E-state index contributed by atoms with van der Waals surface area (Å²) in [6, 6.07) is 19.0. The van der Waals surface area contributed by atoms with E-state index in [0.717, 1.165) is 12.3 Å². The van der Waals surface area contributed by atoms with E-state index < -0.39 is 38.6 Å². The van der Waals surface area contributed by atoms with Crippen molar-refractivity contribution in [3.05, 3.63) is 107 Å². The molecule has 210 valence electrons. The molecule has 3 aromatic carbocycles. The second kappa shape index (κ2) is 10.4. The molecule has 0 saturated carbocycles. The smallest absolute Gasteiger partial charge is 0.368 e. The maximum Gasteiger partial charge on any atom is 0.417 e. The van der Waals surface area contributed by atoms with E-state index >= 15 is 0 Å². The van der Waals surface area contributed by atoms with E-state index in [1.165, 1.54) is 41.1 Å². The summed E-state index contributed by atoms with van der Waals surface area (Å²) in [5, 5.41) is 2.90. The monoisotopic (exact) mass is 579 g/mol. The predicted octanol–water partition coefficient (Wildman–Crippen LogP) is 5.63. The van der Waals surface area contributed by atoms with Crippen molar-refractivity contribution in [2.24, 2.45) is 0 Å². The lowest BCUT2D eigenvalue weighted by Crippen LogP contribution is -2.27. The van der Waals surface area contributed by atoms with Crippen LogP contribution < -0.4 is 16.6 Å². The van der Waals surface area contributed by atoms with Gasteiger partial charge in [-0.3, -0.25) is 9.36 Å². The Hall–Kier alpha value is -4.71. The Morgan fingerprint density at radius 3 is 2.37 bits per heavy atom. The first kappa shape index (κ1) is 27.8. The molecule has 0 bridgehead atoms. The second-order valence-corrected chi connectivity index (χ2v) is 11.5.